The van der Waals surface area contributed by atoms with Gasteiger partial charge in [-0.15, -0.1) is 13.2 Å². The number of nitrogens with one attached hydrogen (secondary N) is 1. The molecule has 212 valence electrons. The number of halogens is 7. The van der Waals surface area contributed by atoms with E-state index in [1.165, 1.54) is 48.6 Å². The van der Waals surface area contributed by atoms with Crippen LogP contribution in [0.5, 0.6) is 11.5 Å². The van der Waals surface area contributed by atoms with Crippen molar-refractivity contribution >= 4 is 5.69 Å². The van der Waals surface area contributed by atoms with Crippen molar-refractivity contribution in [2.45, 2.75) is 31.2 Å². The van der Waals surface area contributed by atoms with Crippen LogP contribution in [-0.4, -0.2) is 19.0 Å². The van der Waals surface area contributed by atoms with Crippen LogP contribution in [0.15, 0.2) is 104 Å². The van der Waals surface area contributed by atoms with Gasteiger partial charge in [0.25, 0.3) is 0 Å². The third-order valence-corrected chi connectivity index (χ3v) is 5.92. The van der Waals surface area contributed by atoms with E-state index in [-0.39, 0.29) is 24.4 Å². The molecule has 1 N–H and O–H groups in total. The van der Waals surface area contributed by atoms with E-state index in [1.54, 1.807) is 18.2 Å². The summed E-state index contributed by atoms with van der Waals surface area (Å²) in [6.45, 7) is 7.94. The van der Waals surface area contributed by atoms with Crippen LogP contribution in [0.3, 0.4) is 0 Å². The molecule has 0 bridgehead atoms. The molecule has 0 spiro atoms. The number of hydrogen-bond donors (Lipinski definition) is 1. The lowest BCUT2D eigenvalue weighted by atomic mass is 9.69. The predicted molar refractivity (Wildman–Crippen MR) is 140 cm³/mol. The normalized spacial score (nSPS) is 13.8. The second kappa shape index (κ2) is 12.3. The van der Waals surface area contributed by atoms with Crippen LogP contribution in [0.2, 0.25) is 0 Å². The Morgan fingerprint density at radius 1 is 0.825 bits per heavy atom. The first-order valence-corrected chi connectivity index (χ1v) is 11.9. The minimum absolute atomic E-state index is 0.0701. The summed E-state index contributed by atoms with van der Waals surface area (Å²) in [4.78, 5) is 0. The maximum Gasteiger partial charge on any atom is 0.573 e. The lowest BCUT2D eigenvalue weighted by molar-refractivity contribution is -0.274. The zero-order chi connectivity index (χ0) is 29.6. The van der Waals surface area contributed by atoms with E-state index in [1.807, 2.05) is 0 Å². The molecule has 0 aliphatic carbocycles. The molecule has 1 unspecified atom stereocenters. The molecule has 0 aliphatic rings. The fourth-order valence-electron chi connectivity index (χ4n) is 4.25. The van der Waals surface area contributed by atoms with Gasteiger partial charge in [-0.2, -0.15) is 8.78 Å². The summed E-state index contributed by atoms with van der Waals surface area (Å²) in [7, 11) is 0. The first kappa shape index (κ1) is 30.3. The predicted octanol–water partition coefficient (Wildman–Crippen LogP) is 8.94. The Balaban J connectivity index is 2.27. The smallest absolute Gasteiger partial charge is 0.433 e. The summed E-state index contributed by atoms with van der Waals surface area (Å²) < 4.78 is 103. The molecule has 0 aliphatic heterocycles. The van der Waals surface area contributed by atoms with Gasteiger partial charge in [-0.1, -0.05) is 55.7 Å². The van der Waals surface area contributed by atoms with Gasteiger partial charge in [-0.25, -0.2) is 8.78 Å². The van der Waals surface area contributed by atoms with E-state index >= 15 is 0 Å². The van der Waals surface area contributed by atoms with E-state index in [9.17, 15) is 30.7 Å². The van der Waals surface area contributed by atoms with E-state index in [2.05, 4.69) is 23.2 Å². The second-order valence-corrected chi connectivity index (χ2v) is 8.94. The van der Waals surface area contributed by atoms with Crippen molar-refractivity contribution in [1.82, 2.24) is 0 Å². The minimum Gasteiger partial charge on any atom is -0.433 e. The molecular formula is C30H26F7NO2. The average Bonchev–Trinajstić information content (AvgIpc) is 2.86. The Morgan fingerprint density at radius 2 is 1.43 bits per heavy atom. The molecule has 0 heterocycles. The molecule has 0 saturated heterocycles. The third-order valence-electron chi connectivity index (χ3n) is 5.92. The van der Waals surface area contributed by atoms with Crippen LogP contribution in [0.1, 0.15) is 24.5 Å². The van der Waals surface area contributed by atoms with Crippen LogP contribution < -0.4 is 14.8 Å². The van der Waals surface area contributed by atoms with Crippen molar-refractivity contribution in [2.24, 2.45) is 0 Å². The maximum absolute atomic E-state index is 14.0. The van der Waals surface area contributed by atoms with Crippen molar-refractivity contribution in [1.29, 1.82) is 0 Å². The Hall–Kier alpha value is -4.21. The Kier molecular flexibility index (Phi) is 9.34. The molecule has 10 heteroatoms. The zero-order valence-corrected chi connectivity index (χ0v) is 21.4. The van der Waals surface area contributed by atoms with Crippen LogP contribution in [-0.2, 0) is 5.41 Å². The fourth-order valence-corrected chi connectivity index (χ4v) is 4.25. The number of anilines is 1. The van der Waals surface area contributed by atoms with Crippen LogP contribution in [0.4, 0.5) is 36.4 Å². The first-order chi connectivity index (χ1) is 18.7. The summed E-state index contributed by atoms with van der Waals surface area (Å²) in [6.07, 6.45) is -3.77. The van der Waals surface area contributed by atoms with Gasteiger partial charge in [0.2, 0.25) is 0 Å². The van der Waals surface area contributed by atoms with Crippen molar-refractivity contribution < 1.29 is 40.2 Å². The van der Waals surface area contributed by atoms with Crippen molar-refractivity contribution in [2.75, 3.05) is 11.9 Å². The lowest BCUT2D eigenvalue weighted by Gasteiger charge is -2.37. The lowest BCUT2D eigenvalue weighted by Crippen LogP contribution is -2.36. The summed E-state index contributed by atoms with van der Waals surface area (Å²) in [5, 5.41) is 3.01. The third kappa shape index (κ3) is 8.14. The summed E-state index contributed by atoms with van der Waals surface area (Å²) in [5.41, 5.74) is 0.121. The molecule has 1 atom stereocenters. The fraction of sp³-hybridized carbons (Fsp3) is 0.200. The van der Waals surface area contributed by atoms with Gasteiger partial charge in [-0.05, 0) is 65.6 Å². The topological polar surface area (TPSA) is 30.5 Å². The van der Waals surface area contributed by atoms with Gasteiger partial charge in [-0.3, -0.25) is 0 Å². The molecule has 3 aromatic carbocycles. The molecule has 0 saturated carbocycles. The Bertz CT molecular complexity index is 1320. The van der Waals surface area contributed by atoms with E-state index < -0.39 is 35.3 Å². The molecule has 0 aromatic heterocycles. The van der Waals surface area contributed by atoms with Gasteiger partial charge >= 0.3 is 12.5 Å². The molecule has 3 rings (SSSR count). The molecule has 0 fully saturated rings. The Morgan fingerprint density at radius 3 is 1.93 bits per heavy atom. The molecule has 0 radical (unpaired) electrons. The SMILES string of the molecule is C=C/C=C(\C=C)CC(CNc1ccc(F)c(F)c1)(c1cccc(OC(C)(F)F)c1)c1cccc(OC(F)(F)F)c1. The number of benzene rings is 3. The van der Waals surface area contributed by atoms with Crippen LogP contribution in [0, 0.1) is 11.6 Å². The van der Waals surface area contributed by atoms with Crippen molar-refractivity contribution in [3.05, 3.63) is 126 Å². The maximum atomic E-state index is 14.0. The molecule has 3 nitrogen and oxygen atoms in total. The number of hydrogen-bond acceptors (Lipinski definition) is 3. The highest BCUT2D eigenvalue weighted by Crippen LogP contribution is 2.42. The summed E-state index contributed by atoms with van der Waals surface area (Å²) in [6, 6.07) is 14.0. The highest BCUT2D eigenvalue weighted by molar-refractivity contribution is 5.52. The zero-order valence-electron chi connectivity index (χ0n) is 21.4. The van der Waals surface area contributed by atoms with Gasteiger partial charge < -0.3 is 14.8 Å². The highest BCUT2D eigenvalue weighted by Gasteiger charge is 2.37. The number of alkyl halides is 5. The summed E-state index contributed by atoms with van der Waals surface area (Å²) >= 11 is 0. The highest BCUT2D eigenvalue weighted by atomic mass is 19.4. The number of rotatable bonds is 12. The van der Waals surface area contributed by atoms with Gasteiger partial charge in [0, 0.05) is 24.6 Å². The molecular weight excluding hydrogens is 539 g/mol. The van der Waals surface area contributed by atoms with Crippen LogP contribution in [0.25, 0.3) is 0 Å². The van der Waals surface area contributed by atoms with Crippen molar-refractivity contribution in [3.8, 4) is 11.5 Å². The van der Waals surface area contributed by atoms with E-state index in [0.29, 0.717) is 23.6 Å². The van der Waals surface area contributed by atoms with Gasteiger partial charge in [0.15, 0.2) is 11.6 Å². The van der Waals surface area contributed by atoms with Crippen molar-refractivity contribution in [3.63, 3.8) is 0 Å². The average molecular weight is 566 g/mol. The van der Waals surface area contributed by atoms with E-state index in [0.717, 1.165) is 18.2 Å². The monoisotopic (exact) mass is 565 g/mol. The van der Waals surface area contributed by atoms with Gasteiger partial charge in [0.1, 0.15) is 11.5 Å². The quantitative estimate of drug-likeness (QED) is 0.176. The standard InChI is InChI=1S/C30H26F7NO2/c1-4-8-20(5-2)18-29(19-38-23-13-14-26(31)27(32)17-23,21-9-6-11-24(15-21)39-28(3,33)34)22-10-7-12-25(16-22)40-30(35,36)37/h4-17,38H,1-2,18-19H2,3H3/b20-8+. The van der Waals surface area contributed by atoms with Gasteiger partial charge in [0.05, 0.1) is 0 Å². The molecule has 40 heavy (non-hydrogen) atoms. The number of ether oxygens (including phenoxy) is 2. The van der Waals surface area contributed by atoms with Crippen LogP contribution >= 0.6 is 0 Å². The second-order valence-electron chi connectivity index (χ2n) is 8.94. The minimum atomic E-state index is -4.97. The Labute approximate surface area is 227 Å². The van der Waals surface area contributed by atoms with E-state index in [4.69, 9.17) is 4.74 Å². The largest absolute Gasteiger partial charge is 0.573 e. The molecule has 3 aromatic rings. The molecule has 0 amide bonds. The first-order valence-electron chi connectivity index (χ1n) is 11.9. The summed E-state index contributed by atoms with van der Waals surface area (Å²) in [5.74, 6) is -2.89. The number of allylic oxidation sites excluding steroid dienone is 4.